The van der Waals surface area contributed by atoms with Gasteiger partial charge in [0.2, 0.25) is 0 Å². The highest BCUT2D eigenvalue weighted by Crippen LogP contribution is 2.03. The topological polar surface area (TPSA) is 42.4 Å². The van der Waals surface area contributed by atoms with Crippen molar-refractivity contribution < 1.29 is 9.53 Å². The van der Waals surface area contributed by atoms with Gasteiger partial charge in [-0.1, -0.05) is 0 Å². The summed E-state index contributed by atoms with van der Waals surface area (Å²) in [5.41, 5.74) is 0.621. The van der Waals surface area contributed by atoms with Crippen molar-refractivity contribution in [2.75, 3.05) is 32.7 Å². The molecule has 0 N–H and O–H groups in total. The van der Waals surface area contributed by atoms with Crippen LogP contribution in [0.3, 0.4) is 0 Å². The molecule has 0 bridgehead atoms. The number of ether oxygens (including phenoxy) is 1. The Morgan fingerprint density at radius 3 is 2.69 bits per heavy atom. The van der Waals surface area contributed by atoms with E-state index in [1.54, 1.807) is 36.5 Å². The number of halogens is 1. The van der Waals surface area contributed by atoms with Gasteiger partial charge in [-0.15, -0.1) is 11.6 Å². The molecule has 1 heterocycles. The van der Waals surface area contributed by atoms with E-state index in [2.05, 4.69) is 4.98 Å². The van der Waals surface area contributed by atoms with Gasteiger partial charge in [0.05, 0.1) is 6.61 Å². The molecule has 88 valence electrons. The first kappa shape index (κ1) is 12.9. The predicted molar refractivity (Wildman–Crippen MR) is 62.7 cm³/mol. The van der Waals surface area contributed by atoms with Crippen molar-refractivity contribution in [3.8, 4) is 0 Å². The minimum Gasteiger partial charge on any atom is -0.383 e. The summed E-state index contributed by atoms with van der Waals surface area (Å²) in [5.74, 6) is 0.376. The number of pyridine rings is 1. The van der Waals surface area contributed by atoms with Crippen molar-refractivity contribution in [3.63, 3.8) is 0 Å². The van der Waals surface area contributed by atoms with Gasteiger partial charge in [-0.05, 0) is 12.1 Å². The quantitative estimate of drug-likeness (QED) is 0.709. The molecule has 0 aliphatic rings. The van der Waals surface area contributed by atoms with Crippen LogP contribution in [0.5, 0.6) is 0 Å². The van der Waals surface area contributed by atoms with Crippen LogP contribution in [0.4, 0.5) is 0 Å². The van der Waals surface area contributed by atoms with E-state index in [0.29, 0.717) is 31.1 Å². The molecule has 0 saturated carbocycles. The summed E-state index contributed by atoms with van der Waals surface area (Å²) in [6.07, 6.45) is 3.20. The molecule has 5 heteroatoms. The minimum atomic E-state index is -0.0416. The standard InChI is InChI=1S/C11H15ClN2O2/c1-16-9-8-14(7-4-12)11(15)10-2-5-13-6-3-10/h2-3,5-6H,4,7-9H2,1H3. The highest BCUT2D eigenvalue weighted by atomic mass is 35.5. The van der Waals surface area contributed by atoms with Crippen LogP contribution in [-0.4, -0.2) is 48.5 Å². The van der Waals surface area contributed by atoms with Crippen LogP contribution in [0.15, 0.2) is 24.5 Å². The Labute approximate surface area is 100 Å². The molecular weight excluding hydrogens is 228 g/mol. The van der Waals surface area contributed by atoms with Gasteiger partial charge in [-0.2, -0.15) is 0 Å². The van der Waals surface area contributed by atoms with Gasteiger partial charge in [0.25, 0.3) is 5.91 Å². The normalized spacial score (nSPS) is 10.1. The van der Waals surface area contributed by atoms with E-state index >= 15 is 0 Å². The molecule has 0 unspecified atom stereocenters. The Balaban J connectivity index is 2.67. The molecule has 0 radical (unpaired) electrons. The van der Waals surface area contributed by atoms with Gasteiger partial charge in [0, 0.05) is 44.0 Å². The lowest BCUT2D eigenvalue weighted by Gasteiger charge is -2.21. The zero-order valence-corrected chi connectivity index (χ0v) is 9.98. The third-order valence-electron chi connectivity index (χ3n) is 2.13. The fourth-order valence-electron chi connectivity index (χ4n) is 1.30. The first-order chi connectivity index (χ1) is 7.79. The van der Waals surface area contributed by atoms with Crippen LogP contribution < -0.4 is 0 Å². The van der Waals surface area contributed by atoms with E-state index in [9.17, 15) is 4.79 Å². The van der Waals surface area contributed by atoms with Crippen molar-refractivity contribution in [3.05, 3.63) is 30.1 Å². The van der Waals surface area contributed by atoms with Gasteiger partial charge in [-0.25, -0.2) is 0 Å². The summed E-state index contributed by atoms with van der Waals surface area (Å²) < 4.78 is 4.96. The summed E-state index contributed by atoms with van der Waals surface area (Å²) in [7, 11) is 1.61. The second-order valence-corrected chi connectivity index (χ2v) is 3.59. The summed E-state index contributed by atoms with van der Waals surface area (Å²) >= 11 is 5.66. The molecule has 16 heavy (non-hydrogen) atoms. The number of methoxy groups -OCH3 is 1. The van der Waals surface area contributed by atoms with Crippen LogP contribution in [0.1, 0.15) is 10.4 Å². The fourth-order valence-corrected chi connectivity index (χ4v) is 1.50. The van der Waals surface area contributed by atoms with Crippen molar-refractivity contribution in [1.82, 2.24) is 9.88 Å². The Bertz CT molecular complexity index is 319. The molecule has 1 aromatic heterocycles. The Hall–Kier alpha value is -1.13. The highest BCUT2D eigenvalue weighted by molar-refractivity contribution is 6.18. The maximum Gasteiger partial charge on any atom is 0.254 e. The molecule has 0 atom stereocenters. The van der Waals surface area contributed by atoms with Crippen LogP contribution in [-0.2, 0) is 4.74 Å². The van der Waals surface area contributed by atoms with Crippen LogP contribution in [0, 0.1) is 0 Å². The summed E-state index contributed by atoms with van der Waals surface area (Å²) in [6, 6.07) is 3.38. The molecule has 1 amide bonds. The van der Waals surface area contributed by atoms with Crippen LogP contribution >= 0.6 is 11.6 Å². The third kappa shape index (κ3) is 3.79. The molecule has 0 fully saturated rings. The molecule has 1 rings (SSSR count). The average molecular weight is 243 g/mol. The zero-order valence-electron chi connectivity index (χ0n) is 9.23. The van der Waals surface area contributed by atoms with Gasteiger partial charge in [0.1, 0.15) is 0 Å². The van der Waals surface area contributed by atoms with Gasteiger partial charge >= 0.3 is 0 Å². The van der Waals surface area contributed by atoms with Crippen molar-refractivity contribution in [2.45, 2.75) is 0 Å². The number of carbonyl (C=O) groups is 1. The summed E-state index contributed by atoms with van der Waals surface area (Å²) in [5, 5.41) is 0. The van der Waals surface area contributed by atoms with E-state index in [1.807, 2.05) is 0 Å². The lowest BCUT2D eigenvalue weighted by molar-refractivity contribution is 0.0707. The molecule has 0 saturated heterocycles. The Morgan fingerprint density at radius 2 is 2.12 bits per heavy atom. The smallest absolute Gasteiger partial charge is 0.254 e. The van der Waals surface area contributed by atoms with Gasteiger partial charge in [0.15, 0.2) is 0 Å². The largest absolute Gasteiger partial charge is 0.383 e. The summed E-state index contributed by atoms with van der Waals surface area (Å²) in [6.45, 7) is 1.57. The number of amides is 1. The maximum absolute atomic E-state index is 12.0. The number of nitrogens with zero attached hydrogens (tertiary/aromatic N) is 2. The average Bonchev–Trinajstić information content (AvgIpc) is 2.35. The third-order valence-corrected chi connectivity index (χ3v) is 2.30. The first-order valence-electron chi connectivity index (χ1n) is 5.03. The lowest BCUT2D eigenvalue weighted by Crippen LogP contribution is -2.35. The molecule has 0 spiro atoms. The second kappa shape index (κ2) is 7.19. The Morgan fingerprint density at radius 1 is 1.44 bits per heavy atom. The van der Waals surface area contributed by atoms with E-state index in [4.69, 9.17) is 16.3 Å². The van der Waals surface area contributed by atoms with Crippen molar-refractivity contribution in [2.24, 2.45) is 0 Å². The highest BCUT2D eigenvalue weighted by Gasteiger charge is 2.14. The summed E-state index contributed by atoms with van der Waals surface area (Å²) in [4.78, 5) is 17.6. The van der Waals surface area contributed by atoms with Crippen LogP contribution in [0.25, 0.3) is 0 Å². The van der Waals surface area contributed by atoms with Crippen LogP contribution in [0.2, 0.25) is 0 Å². The van der Waals surface area contributed by atoms with E-state index < -0.39 is 0 Å². The molecule has 0 aromatic carbocycles. The number of carbonyl (C=O) groups excluding carboxylic acids is 1. The molecule has 4 nitrogen and oxygen atoms in total. The zero-order chi connectivity index (χ0) is 11.8. The van der Waals surface area contributed by atoms with Crippen molar-refractivity contribution >= 4 is 17.5 Å². The fraction of sp³-hybridized carbons (Fsp3) is 0.455. The molecule has 1 aromatic rings. The predicted octanol–water partition coefficient (Wildman–Crippen LogP) is 1.41. The van der Waals surface area contributed by atoms with E-state index in [1.165, 1.54) is 0 Å². The number of aromatic nitrogens is 1. The molecule has 0 aliphatic carbocycles. The van der Waals surface area contributed by atoms with E-state index in [-0.39, 0.29) is 5.91 Å². The monoisotopic (exact) mass is 242 g/mol. The van der Waals surface area contributed by atoms with Crippen molar-refractivity contribution in [1.29, 1.82) is 0 Å². The maximum atomic E-state index is 12.0. The van der Waals surface area contributed by atoms with E-state index in [0.717, 1.165) is 0 Å². The second-order valence-electron chi connectivity index (χ2n) is 3.21. The van der Waals surface area contributed by atoms with Gasteiger partial charge in [-0.3, -0.25) is 9.78 Å². The van der Waals surface area contributed by atoms with Gasteiger partial charge < -0.3 is 9.64 Å². The number of alkyl halides is 1. The SMILES string of the molecule is COCCN(CCCl)C(=O)c1ccncc1. The number of rotatable bonds is 6. The lowest BCUT2D eigenvalue weighted by atomic mass is 10.2. The Kier molecular flexibility index (Phi) is 5.82. The molecule has 0 aliphatic heterocycles. The number of hydrogen-bond acceptors (Lipinski definition) is 3. The first-order valence-corrected chi connectivity index (χ1v) is 5.57. The molecular formula is C11H15ClN2O2. The minimum absolute atomic E-state index is 0.0416. The number of hydrogen-bond donors (Lipinski definition) is 0.